The normalized spacial score (nSPS) is 25.3. The number of benzene rings is 1. The van der Waals surface area contributed by atoms with Gasteiger partial charge in [0.05, 0.1) is 19.5 Å². The van der Waals surface area contributed by atoms with Gasteiger partial charge >= 0.3 is 0 Å². The first kappa shape index (κ1) is 17.6. The molecule has 0 saturated carbocycles. The molecule has 142 valence electrons. The molecule has 10 heteroatoms. The number of H-pyrrole nitrogens is 1. The van der Waals surface area contributed by atoms with E-state index in [-0.39, 0.29) is 30.3 Å². The van der Waals surface area contributed by atoms with Crippen LogP contribution in [0.5, 0.6) is 0 Å². The fraction of sp³-hybridized carbons (Fsp3) is 0.353. The number of aliphatic hydroxyl groups is 2. The largest absolute Gasteiger partial charge is 0.394 e. The second-order valence-corrected chi connectivity index (χ2v) is 6.27. The van der Waals surface area contributed by atoms with Crippen LogP contribution < -0.4 is 11.3 Å². The number of rotatable bonds is 5. The summed E-state index contributed by atoms with van der Waals surface area (Å²) < 4.78 is 13.1. The van der Waals surface area contributed by atoms with Crippen LogP contribution in [0.1, 0.15) is 11.8 Å². The molecule has 1 saturated heterocycles. The molecule has 0 radical (unpaired) electrons. The molecular formula is C17H19N5O5. The maximum absolute atomic E-state index is 12.0. The van der Waals surface area contributed by atoms with E-state index in [0.29, 0.717) is 0 Å². The molecule has 1 aromatic carbocycles. The van der Waals surface area contributed by atoms with Gasteiger partial charge < -0.3 is 25.4 Å². The zero-order chi connectivity index (χ0) is 19.0. The van der Waals surface area contributed by atoms with E-state index in [1.807, 2.05) is 30.3 Å². The second kappa shape index (κ2) is 7.08. The van der Waals surface area contributed by atoms with Crippen LogP contribution in [-0.2, 0) is 16.1 Å². The van der Waals surface area contributed by atoms with Crippen LogP contribution in [0.15, 0.2) is 41.5 Å². The topological polar surface area (TPSA) is 149 Å². The molecule has 1 aliphatic heterocycles. The van der Waals surface area contributed by atoms with Crippen LogP contribution in [-0.4, -0.2) is 54.7 Å². The van der Waals surface area contributed by atoms with Crippen LogP contribution in [0.2, 0.25) is 0 Å². The Morgan fingerprint density at radius 1 is 1.33 bits per heavy atom. The highest BCUT2D eigenvalue weighted by Gasteiger charge is 2.46. The average molecular weight is 373 g/mol. The predicted octanol–water partition coefficient (Wildman–Crippen LogP) is -0.462. The zero-order valence-corrected chi connectivity index (χ0v) is 14.2. The Labute approximate surface area is 153 Å². The van der Waals surface area contributed by atoms with Crippen molar-refractivity contribution >= 4 is 17.1 Å². The molecule has 4 atom stereocenters. The number of imidazole rings is 1. The summed E-state index contributed by atoms with van der Waals surface area (Å²) in [5.41, 5.74) is 6.38. The fourth-order valence-electron chi connectivity index (χ4n) is 3.17. The third kappa shape index (κ3) is 3.19. The Balaban J connectivity index is 1.68. The minimum Gasteiger partial charge on any atom is -0.394 e. The number of hydrogen-bond acceptors (Lipinski definition) is 8. The molecular weight excluding hydrogens is 354 g/mol. The van der Waals surface area contributed by atoms with E-state index < -0.39 is 30.1 Å². The van der Waals surface area contributed by atoms with Crippen LogP contribution in [0, 0.1) is 0 Å². The number of anilines is 1. The first-order valence-corrected chi connectivity index (χ1v) is 8.40. The standard InChI is InChI=1S/C17H19N5O5/c18-17-20-14-11(15(25)21-17)19-8-22(14)16-13(12(24)10(6-23)27-16)26-7-9-4-2-1-3-5-9/h1-5,8,10,12-13,16,23-24H,6-7H2,(H3,18,20,21,25)/t10-,12-,13-,16-/m1/s1. The fourth-order valence-corrected chi connectivity index (χ4v) is 3.17. The van der Waals surface area contributed by atoms with Crippen LogP contribution in [0.3, 0.4) is 0 Å². The highest BCUT2D eigenvalue weighted by Crippen LogP contribution is 2.33. The number of nitrogen functional groups attached to an aromatic ring is 1. The number of aliphatic hydroxyl groups excluding tert-OH is 2. The van der Waals surface area contributed by atoms with E-state index in [4.69, 9.17) is 15.2 Å². The Morgan fingerprint density at radius 3 is 2.85 bits per heavy atom. The Bertz CT molecular complexity index is 988. The number of ether oxygens (including phenoxy) is 2. The van der Waals surface area contributed by atoms with Crippen molar-refractivity contribution in [3.05, 3.63) is 52.6 Å². The molecule has 3 heterocycles. The van der Waals surface area contributed by atoms with E-state index in [2.05, 4.69) is 15.0 Å². The van der Waals surface area contributed by atoms with Gasteiger partial charge in [0.1, 0.15) is 18.3 Å². The first-order valence-electron chi connectivity index (χ1n) is 8.40. The minimum absolute atomic E-state index is 0.0618. The SMILES string of the molecule is Nc1nc2c(ncn2[C@@H]2O[C@H](CO)[C@@H](O)[C@H]2OCc2ccccc2)c(=O)[nH]1. The summed E-state index contributed by atoms with van der Waals surface area (Å²) >= 11 is 0. The van der Waals surface area contributed by atoms with Crippen LogP contribution in [0.4, 0.5) is 5.95 Å². The highest BCUT2D eigenvalue weighted by molar-refractivity contribution is 5.70. The predicted molar refractivity (Wildman–Crippen MR) is 94.6 cm³/mol. The molecule has 4 rings (SSSR count). The number of aromatic amines is 1. The van der Waals surface area contributed by atoms with Crippen molar-refractivity contribution in [1.82, 2.24) is 19.5 Å². The van der Waals surface area contributed by atoms with Crippen molar-refractivity contribution in [2.24, 2.45) is 0 Å². The monoisotopic (exact) mass is 373 g/mol. The van der Waals surface area contributed by atoms with Gasteiger partial charge in [0.2, 0.25) is 5.95 Å². The molecule has 5 N–H and O–H groups in total. The van der Waals surface area contributed by atoms with Gasteiger partial charge in [-0.3, -0.25) is 14.3 Å². The Kier molecular flexibility index (Phi) is 4.62. The van der Waals surface area contributed by atoms with Crippen molar-refractivity contribution in [3.8, 4) is 0 Å². The Hall–Kier alpha value is -2.79. The Morgan fingerprint density at radius 2 is 2.11 bits per heavy atom. The number of nitrogens with zero attached hydrogens (tertiary/aromatic N) is 3. The van der Waals surface area contributed by atoms with E-state index in [9.17, 15) is 15.0 Å². The molecule has 10 nitrogen and oxygen atoms in total. The summed E-state index contributed by atoms with van der Waals surface area (Å²) in [6, 6.07) is 9.46. The summed E-state index contributed by atoms with van der Waals surface area (Å²) in [7, 11) is 0. The van der Waals surface area contributed by atoms with Gasteiger partial charge in [0.15, 0.2) is 17.4 Å². The maximum Gasteiger partial charge on any atom is 0.280 e. The molecule has 3 aromatic rings. The molecule has 0 aliphatic carbocycles. The van der Waals surface area contributed by atoms with Crippen molar-refractivity contribution in [2.45, 2.75) is 31.1 Å². The number of fused-ring (bicyclic) bond motifs is 1. The molecule has 0 unspecified atom stereocenters. The van der Waals surface area contributed by atoms with Crippen LogP contribution >= 0.6 is 0 Å². The van der Waals surface area contributed by atoms with Crippen molar-refractivity contribution in [1.29, 1.82) is 0 Å². The average Bonchev–Trinajstić information content (AvgIpc) is 3.21. The van der Waals surface area contributed by atoms with E-state index in [1.165, 1.54) is 10.9 Å². The van der Waals surface area contributed by atoms with Gasteiger partial charge in [-0.15, -0.1) is 0 Å². The molecule has 0 spiro atoms. The number of hydrogen-bond donors (Lipinski definition) is 4. The molecule has 1 aliphatic rings. The zero-order valence-electron chi connectivity index (χ0n) is 14.2. The van der Waals surface area contributed by atoms with Gasteiger partial charge in [0.25, 0.3) is 5.56 Å². The lowest BCUT2D eigenvalue weighted by molar-refractivity contribution is -0.0761. The lowest BCUT2D eigenvalue weighted by atomic mass is 10.1. The summed E-state index contributed by atoms with van der Waals surface area (Å²) in [4.78, 5) is 22.5. The molecule has 1 fully saturated rings. The van der Waals surface area contributed by atoms with E-state index in [0.717, 1.165) is 5.56 Å². The van der Waals surface area contributed by atoms with Crippen molar-refractivity contribution in [2.75, 3.05) is 12.3 Å². The lowest BCUT2D eigenvalue weighted by Crippen LogP contribution is -2.35. The lowest BCUT2D eigenvalue weighted by Gasteiger charge is -2.22. The molecule has 0 bridgehead atoms. The van der Waals surface area contributed by atoms with Crippen molar-refractivity contribution in [3.63, 3.8) is 0 Å². The number of nitrogens with one attached hydrogen (secondary N) is 1. The number of aromatic nitrogens is 4. The number of nitrogens with two attached hydrogens (primary N) is 1. The van der Waals surface area contributed by atoms with Gasteiger partial charge in [-0.05, 0) is 5.56 Å². The molecule has 2 aromatic heterocycles. The van der Waals surface area contributed by atoms with Gasteiger partial charge in [-0.1, -0.05) is 30.3 Å². The summed E-state index contributed by atoms with van der Waals surface area (Å²) in [5, 5.41) is 20.0. The third-order valence-corrected chi connectivity index (χ3v) is 4.50. The summed E-state index contributed by atoms with van der Waals surface area (Å²) in [6.07, 6.45) is -2.17. The van der Waals surface area contributed by atoms with E-state index in [1.54, 1.807) is 0 Å². The van der Waals surface area contributed by atoms with E-state index >= 15 is 0 Å². The minimum atomic E-state index is -1.07. The maximum atomic E-state index is 12.0. The molecule has 0 amide bonds. The van der Waals surface area contributed by atoms with Crippen molar-refractivity contribution < 1.29 is 19.7 Å². The smallest absolute Gasteiger partial charge is 0.280 e. The molecule has 27 heavy (non-hydrogen) atoms. The quantitative estimate of drug-likeness (QED) is 0.469. The first-order chi connectivity index (χ1) is 13.1. The third-order valence-electron chi connectivity index (χ3n) is 4.50. The van der Waals surface area contributed by atoms with Gasteiger partial charge in [-0.25, -0.2) is 4.98 Å². The van der Waals surface area contributed by atoms with Gasteiger partial charge in [0, 0.05) is 0 Å². The summed E-state index contributed by atoms with van der Waals surface area (Å²) in [5.74, 6) is -0.0618. The summed E-state index contributed by atoms with van der Waals surface area (Å²) in [6.45, 7) is -0.144. The van der Waals surface area contributed by atoms with Crippen LogP contribution in [0.25, 0.3) is 11.2 Å². The second-order valence-electron chi connectivity index (χ2n) is 6.27. The van der Waals surface area contributed by atoms with Gasteiger partial charge in [-0.2, -0.15) is 4.98 Å². The highest BCUT2D eigenvalue weighted by atomic mass is 16.6.